The first kappa shape index (κ1) is 19.8. The van der Waals surface area contributed by atoms with Crippen molar-refractivity contribution in [2.45, 2.75) is 37.6 Å². The lowest BCUT2D eigenvalue weighted by Crippen LogP contribution is -2.59. The molecule has 4 nitrogen and oxygen atoms in total. The SMILES string of the molecule is Clc1ccccc1C1=NN2[C@H](C1)c1ccccc1OC21CCN(Cc2ccccc2)CC1. The number of para-hydroxylation sites is 1. The summed E-state index contributed by atoms with van der Waals surface area (Å²) < 4.78 is 6.75. The minimum Gasteiger partial charge on any atom is -0.466 e. The third kappa shape index (κ3) is 3.39. The van der Waals surface area contributed by atoms with Crippen molar-refractivity contribution in [1.82, 2.24) is 9.91 Å². The van der Waals surface area contributed by atoms with E-state index in [0.717, 1.165) is 60.9 Å². The van der Waals surface area contributed by atoms with Gasteiger partial charge in [0.2, 0.25) is 5.72 Å². The highest BCUT2D eigenvalue weighted by Crippen LogP contribution is 2.50. The Hall–Kier alpha value is -2.82. The van der Waals surface area contributed by atoms with E-state index in [1.807, 2.05) is 18.2 Å². The average Bonchev–Trinajstić information content (AvgIpc) is 3.28. The second-order valence-electron chi connectivity index (χ2n) is 8.94. The molecular formula is C27H26ClN3O. The van der Waals surface area contributed by atoms with Crippen LogP contribution < -0.4 is 4.74 Å². The maximum Gasteiger partial charge on any atom is 0.200 e. The van der Waals surface area contributed by atoms with Crippen LogP contribution in [0, 0.1) is 0 Å². The summed E-state index contributed by atoms with van der Waals surface area (Å²) in [7, 11) is 0. The van der Waals surface area contributed by atoms with Gasteiger partial charge in [0.25, 0.3) is 0 Å². The van der Waals surface area contributed by atoms with Gasteiger partial charge in [-0.05, 0) is 17.7 Å². The normalized spacial score (nSPS) is 21.6. The van der Waals surface area contributed by atoms with Gasteiger partial charge in [0, 0.05) is 55.0 Å². The molecule has 32 heavy (non-hydrogen) atoms. The molecule has 6 rings (SSSR count). The van der Waals surface area contributed by atoms with Crippen LogP contribution in [0.4, 0.5) is 0 Å². The molecule has 1 fully saturated rings. The van der Waals surface area contributed by atoms with Gasteiger partial charge in [-0.1, -0.05) is 78.3 Å². The first-order valence-corrected chi connectivity index (χ1v) is 11.8. The number of piperidine rings is 1. The first-order valence-electron chi connectivity index (χ1n) is 11.4. The van der Waals surface area contributed by atoms with Crippen LogP contribution in [0.2, 0.25) is 5.02 Å². The van der Waals surface area contributed by atoms with Crippen LogP contribution in [-0.4, -0.2) is 34.4 Å². The van der Waals surface area contributed by atoms with Crippen LogP contribution in [0.1, 0.15) is 42.0 Å². The van der Waals surface area contributed by atoms with E-state index < -0.39 is 5.72 Å². The highest BCUT2D eigenvalue weighted by atomic mass is 35.5. The fraction of sp³-hybridized carbons (Fsp3) is 0.296. The van der Waals surface area contributed by atoms with Gasteiger partial charge in [-0.2, -0.15) is 5.10 Å². The molecule has 3 aromatic carbocycles. The van der Waals surface area contributed by atoms with Crippen molar-refractivity contribution >= 4 is 17.3 Å². The van der Waals surface area contributed by atoms with Crippen LogP contribution in [0.25, 0.3) is 0 Å². The van der Waals surface area contributed by atoms with Crippen molar-refractivity contribution in [3.8, 4) is 5.75 Å². The van der Waals surface area contributed by atoms with Gasteiger partial charge >= 0.3 is 0 Å². The van der Waals surface area contributed by atoms with Crippen molar-refractivity contribution in [2.75, 3.05) is 13.1 Å². The third-order valence-electron chi connectivity index (χ3n) is 6.98. The number of hydrogen-bond donors (Lipinski definition) is 0. The Balaban J connectivity index is 1.31. The Kier molecular flexibility index (Phi) is 4.93. The van der Waals surface area contributed by atoms with Gasteiger partial charge < -0.3 is 4.74 Å². The topological polar surface area (TPSA) is 28.1 Å². The largest absolute Gasteiger partial charge is 0.466 e. The van der Waals surface area contributed by atoms with E-state index in [1.165, 1.54) is 11.1 Å². The Morgan fingerprint density at radius 3 is 2.44 bits per heavy atom. The van der Waals surface area contributed by atoms with E-state index in [9.17, 15) is 0 Å². The van der Waals surface area contributed by atoms with Crippen LogP contribution >= 0.6 is 11.6 Å². The molecule has 0 bridgehead atoms. The molecule has 0 amide bonds. The van der Waals surface area contributed by atoms with Crippen LogP contribution in [0.3, 0.4) is 0 Å². The Labute approximate surface area is 194 Å². The Morgan fingerprint density at radius 1 is 0.906 bits per heavy atom. The fourth-order valence-electron chi connectivity index (χ4n) is 5.32. The quantitative estimate of drug-likeness (QED) is 0.506. The van der Waals surface area contributed by atoms with Gasteiger partial charge in [0.1, 0.15) is 5.75 Å². The third-order valence-corrected chi connectivity index (χ3v) is 7.31. The van der Waals surface area contributed by atoms with Gasteiger partial charge in [-0.3, -0.25) is 4.90 Å². The molecule has 1 atom stereocenters. The number of fused-ring (bicyclic) bond motifs is 4. The van der Waals surface area contributed by atoms with E-state index in [4.69, 9.17) is 21.4 Å². The molecule has 1 spiro atoms. The molecule has 0 aliphatic carbocycles. The number of benzene rings is 3. The van der Waals surface area contributed by atoms with Crippen molar-refractivity contribution < 1.29 is 4.74 Å². The lowest BCUT2D eigenvalue weighted by molar-refractivity contribution is -0.150. The van der Waals surface area contributed by atoms with Crippen LogP contribution in [0.5, 0.6) is 5.75 Å². The molecule has 3 heterocycles. The number of hydrogen-bond acceptors (Lipinski definition) is 4. The standard InChI is InChI=1S/C27H26ClN3O/c28-23-12-6-4-10-21(23)24-18-25-22-11-5-7-13-26(22)32-27(31(25)29-24)14-16-30(17-15-27)19-20-8-2-1-3-9-20/h1-13,25H,14-19H2/t25-/m1/s1. The Bertz CT molecular complexity index is 1150. The minimum absolute atomic E-state index is 0.187. The minimum atomic E-state index is -0.408. The maximum absolute atomic E-state index is 6.75. The second kappa shape index (κ2) is 7.95. The van der Waals surface area contributed by atoms with Gasteiger partial charge in [0.05, 0.1) is 11.8 Å². The van der Waals surface area contributed by atoms with Crippen molar-refractivity contribution in [3.63, 3.8) is 0 Å². The van der Waals surface area contributed by atoms with E-state index in [2.05, 4.69) is 70.6 Å². The highest BCUT2D eigenvalue weighted by Gasteiger charge is 2.51. The number of ether oxygens (including phenoxy) is 1. The number of likely N-dealkylation sites (tertiary alicyclic amines) is 1. The predicted octanol–water partition coefficient (Wildman–Crippen LogP) is 5.88. The van der Waals surface area contributed by atoms with Crippen molar-refractivity contribution in [1.29, 1.82) is 0 Å². The van der Waals surface area contributed by atoms with E-state index >= 15 is 0 Å². The molecule has 0 aromatic heterocycles. The molecule has 5 heteroatoms. The number of nitrogens with zero attached hydrogens (tertiary/aromatic N) is 3. The zero-order valence-electron chi connectivity index (χ0n) is 18.0. The molecule has 3 aromatic rings. The molecular weight excluding hydrogens is 418 g/mol. The molecule has 0 N–H and O–H groups in total. The van der Waals surface area contributed by atoms with E-state index in [1.54, 1.807) is 0 Å². The second-order valence-corrected chi connectivity index (χ2v) is 9.35. The Morgan fingerprint density at radius 2 is 1.62 bits per heavy atom. The predicted molar refractivity (Wildman–Crippen MR) is 128 cm³/mol. The number of halogens is 1. The molecule has 0 radical (unpaired) electrons. The summed E-state index contributed by atoms with van der Waals surface area (Å²) >= 11 is 6.54. The number of rotatable bonds is 3. The van der Waals surface area contributed by atoms with E-state index in [-0.39, 0.29) is 6.04 Å². The zero-order chi connectivity index (χ0) is 21.5. The van der Waals surface area contributed by atoms with Crippen molar-refractivity contribution in [2.24, 2.45) is 5.10 Å². The fourth-order valence-corrected chi connectivity index (χ4v) is 5.56. The molecule has 162 valence electrons. The molecule has 3 aliphatic heterocycles. The first-order chi connectivity index (χ1) is 15.7. The van der Waals surface area contributed by atoms with Gasteiger partial charge in [-0.25, -0.2) is 5.01 Å². The molecule has 3 aliphatic rings. The lowest BCUT2D eigenvalue weighted by Gasteiger charge is -2.51. The summed E-state index contributed by atoms with van der Waals surface area (Å²) in [5.74, 6) is 1.00. The van der Waals surface area contributed by atoms with E-state index in [0.29, 0.717) is 0 Å². The summed E-state index contributed by atoms with van der Waals surface area (Å²) in [4.78, 5) is 2.52. The van der Waals surface area contributed by atoms with Gasteiger partial charge in [-0.15, -0.1) is 0 Å². The van der Waals surface area contributed by atoms with Crippen LogP contribution in [0.15, 0.2) is 84.0 Å². The maximum atomic E-state index is 6.75. The molecule has 0 saturated carbocycles. The summed E-state index contributed by atoms with van der Waals surface area (Å²) in [6.07, 6.45) is 2.69. The highest BCUT2D eigenvalue weighted by molar-refractivity contribution is 6.34. The average molecular weight is 444 g/mol. The summed E-state index contributed by atoms with van der Waals surface area (Å²) in [6, 6.07) is 27.4. The lowest BCUT2D eigenvalue weighted by atomic mass is 9.90. The summed E-state index contributed by atoms with van der Waals surface area (Å²) in [5.41, 5.74) is 4.24. The van der Waals surface area contributed by atoms with Gasteiger partial charge in [0.15, 0.2) is 0 Å². The number of hydrazone groups is 1. The van der Waals surface area contributed by atoms with Crippen LogP contribution in [-0.2, 0) is 6.54 Å². The summed E-state index contributed by atoms with van der Waals surface area (Å²) in [6.45, 7) is 2.94. The summed E-state index contributed by atoms with van der Waals surface area (Å²) in [5, 5.41) is 8.16. The van der Waals surface area contributed by atoms with Crippen molar-refractivity contribution in [3.05, 3.63) is 101 Å². The zero-order valence-corrected chi connectivity index (χ0v) is 18.7. The molecule has 1 saturated heterocycles. The monoisotopic (exact) mass is 443 g/mol. The molecule has 0 unspecified atom stereocenters. The smallest absolute Gasteiger partial charge is 0.200 e.